The fourth-order valence-corrected chi connectivity index (χ4v) is 4.11. The zero-order valence-electron chi connectivity index (χ0n) is 18.8. The normalized spacial score (nSPS) is 12.7. The van der Waals surface area contributed by atoms with Gasteiger partial charge in [-0.3, -0.25) is 9.59 Å². The second-order valence-electron chi connectivity index (χ2n) is 8.19. The first-order chi connectivity index (χ1) is 17.2. The summed E-state index contributed by atoms with van der Waals surface area (Å²) in [5.41, 5.74) is 4.34. The Morgan fingerprint density at radius 1 is 0.829 bits per heavy atom. The molecule has 0 saturated heterocycles. The van der Waals surface area contributed by atoms with Crippen molar-refractivity contribution in [3.05, 3.63) is 90.5 Å². The maximum Gasteiger partial charge on any atom is 0.251 e. The van der Waals surface area contributed by atoms with Gasteiger partial charge < -0.3 is 10.6 Å². The van der Waals surface area contributed by atoms with E-state index < -0.39 is 0 Å². The highest BCUT2D eigenvalue weighted by Crippen LogP contribution is 2.29. The molecule has 4 aromatic rings. The number of anilines is 1. The molecule has 1 saturated carbocycles. The standard InChI is InChI=1S/C27H23N5O2S/c33-23(28-22-13-7-12-20(16-22)26(34)29-21-14-15-21)17-35-27-30-24(18-8-3-1-4-9-18)25(31-32-27)19-10-5-2-6-11-19/h1-13,16,21H,14-15,17H2,(H,28,33)(H,29,34). The van der Waals surface area contributed by atoms with Gasteiger partial charge in [0.05, 0.1) is 5.75 Å². The van der Waals surface area contributed by atoms with Gasteiger partial charge in [0.2, 0.25) is 11.1 Å². The predicted octanol–water partition coefficient (Wildman–Crippen LogP) is 4.83. The zero-order valence-corrected chi connectivity index (χ0v) is 19.7. The van der Waals surface area contributed by atoms with E-state index in [1.54, 1.807) is 24.3 Å². The van der Waals surface area contributed by atoms with Crippen LogP contribution in [0, 0.1) is 0 Å². The van der Waals surface area contributed by atoms with Crippen LogP contribution in [0.2, 0.25) is 0 Å². The quantitative estimate of drug-likeness (QED) is 0.350. The molecule has 1 heterocycles. The Morgan fingerprint density at radius 2 is 1.51 bits per heavy atom. The summed E-state index contributed by atoms with van der Waals surface area (Å²) < 4.78 is 0. The number of hydrogen-bond donors (Lipinski definition) is 2. The Balaban J connectivity index is 1.28. The average Bonchev–Trinajstić information content (AvgIpc) is 3.72. The number of rotatable bonds is 8. The Bertz CT molecular complexity index is 1340. The summed E-state index contributed by atoms with van der Waals surface area (Å²) in [6.07, 6.45) is 2.04. The van der Waals surface area contributed by atoms with Crippen molar-refractivity contribution in [3.8, 4) is 22.5 Å². The van der Waals surface area contributed by atoms with E-state index in [9.17, 15) is 9.59 Å². The number of carbonyl (C=O) groups is 2. The van der Waals surface area contributed by atoms with Crippen LogP contribution in [0.1, 0.15) is 23.2 Å². The van der Waals surface area contributed by atoms with Crippen molar-refractivity contribution in [2.45, 2.75) is 24.0 Å². The minimum Gasteiger partial charge on any atom is -0.349 e. The maximum absolute atomic E-state index is 12.6. The Labute approximate surface area is 207 Å². The van der Waals surface area contributed by atoms with Crippen molar-refractivity contribution >= 4 is 29.3 Å². The fourth-order valence-electron chi connectivity index (χ4n) is 3.52. The average molecular weight is 482 g/mol. The lowest BCUT2D eigenvalue weighted by Crippen LogP contribution is -2.25. The van der Waals surface area contributed by atoms with Crippen molar-refractivity contribution in [1.82, 2.24) is 20.5 Å². The van der Waals surface area contributed by atoms with E-state index in [0.717, 1.165) is 24.0 Å². The van der Waals surface area contributed by atoms with Gasteiger partial charge in [0, 0.05) is 28.4 Å². The van der Waals surface area contributed by atoms with E-state index in [1.165, 1.54) is 11.8 Å². The largest absolute Gasteiger partial charge is 0.349 e. The van der Waals surface area contributed by atoms with E-state index in [1.807, 2.05) is 60.7 Å². The molecular formula is C27H23N5O2S. The highest BCUT2D eigenvalue weighted by atomic mass is 32.2. The number of thioether (sulfide) groups is 1. The molecule has 0 bridgehead atoms. The molecule has 0 unspecified atom stereocenters. The zero-order chi connectivity index (χ0) is 24.0. The van der Waals surface area contributed by atoms with Gasteiger partial charge in [-0.05, 0) is 31.0 Å². The molecule has 174 valence electrons. The summed E-state index contributed by atoms with van der Waals surface area (Å²) in [5, 5.41) is 14.9. The topological polar surface area (TPSA) is 96.9 Å². The summed E-state index contributed by atoms with van der Waals surface area (Å²) in [7, 11) is 0. The third-order valence-corrected chi connectivity index (χ3v) is 6.25. The number of carbonyl (C=O) groups excluding carboxylic acids is 2. The first kappa shape index (κ1) is 22.7. The van der Waals surface area contributed by atoms with Crippen LogP contribution in [0.25, 0.3) is 22.5 Å². The van der Waals surface area contributed by atoms with Crippen LogP contribution in [-0.4, -0.2) is 38.8 Å². The Hall–Kier alpha value is -4.04. The molecule has 2 amide bonds. The molecule has 1 fully saturated rings. The number of benzene rings is 3. The molecule has 8 heteroatoms. The van der Waals surface area contributed by atoms with Gasteiger partial charge in [0.1, 0.15) is 11.4 Å². The molecular weight excluding hydrogens is 458 g/mol. The third kappa shape index (κ3) is 5.91. The molecule has 0 spiro atoms. The molecule has 0 atom stereocenters. The number of amides is 2. The summed E-state index contributed by atoms with van der Waals surface area (Å²) >= 11 is 1.21. The number of nitrogens with zero attached hydrogens (tertiary/aromatic N) is 3. The second kappa shape index (κ2) is 10.5. The molecule has 1 aliphatic carbocycles. The van der Waals surface area contributed by atoms with Gasteiger partial charge in [-0.1, -0.05) is 78.5 Å². The van der Waals surface area contributed by atoms with Crippen LogP contribution >= 0.6 is 11.8 Å². The van der Waals surface area contributed by atoms with E-state index in [4.69, 9.17) is 4.98 Å². The maximum atomic E-state index is 12.6. The molecule has 1 aromatic heterocycles. The van der Waals surface area contributed by atoms with Crippen LogP contribution in [0.5, 0.6) is 0 Å². The first-order valence-electron chi connectivity index (χ1n) is 11.3. The third-order valence-electron chi connectivity index (χ3n) is 5.42. The van der Waals surface area contributed by atoms with Crippen molar-refractivity contribution in [2.24, 2.45) is 0 Å². The first-order valence-corrected chi connectivity index (χ1v) is 12.3. The van der Waals surface area contributed by atoms with E-state index in [2.05, 4.69) is 20.8 Å². The highest BCUT2D eigenvalue weighted by molar-refractivity contribution is 7.99. The molecule has 0 aliphatic heterocycles. The van der Waals surface area contributed by atoms with E-state index in [0.29, 0.717) is 27.8 Å². The van der Waals surface area contributed by atoms with E-state index >= 15 is 0 Å². The number of nitrogens with one attached hydrogen (secondary N) is 2. The van der Waals surface area contributed by atoms with Gasteiger partial charge in [-0.25, -0.2) is 4.98 Å². The smallest absolute Gasteiger partial charge is 0.251 e. The van der Waals surface area contributed by atoms with Crippen molar-refractivity contribution in [3.63, 3.8) is 0 Å². The van der Waals surface area contributed by atoms with Crippen molar-refractivity contribution in [1.29, 1.82) is 0 Å². The van der Waals surface area contributed by atoms with Crippen LogP contribution < -0.4 is 10.6 Å². The predicted molar refractivity (Wildman–Crippen MR) is 137 cm³/mol. The molecule has 3 aromatic carbocycles. The Morgan fingerprint density at radius 3 is 2.20 bits per heavy atom. The summed E-state index contributed by atoms with van der Waals surface area (Å²) in [6.45, 7) is 0. The lowest BCUT2D eigenvalue weighted by molar-refractivity contribution is -0.113. The summed E-state index contributed by atoms with van der Waals surface area (Å²) in [5.74, 6) is -0.227. The lowest BCUT2D eigenvalue weighted by atomic mass is 10.0. The number of hydrogen-bond acceptors (Lipinski definition) is 6. The summed E-state index contributed by atoms with van der Waals surface area (Å²) in [4.78, 5) is 29.6. The van der Waals surface area contributed by atoms with Gasteiger partial charge >= 0.3 is 0 Å². The minimum absolute atomic E-state index is 0.110. The summed E-state index contributed by atoms with van der Waals surface area (Å²) in [6, 6.07) is 26.8. The monoisotopic (exact) mass is 481 g/mol. The molecule has 5 rings (SSSR count). The van der Waals surface area contributed by atoms with Crippen LogP contribution in [-0.2, 0) is 4.79 Å². The molecule has 35 heavy (non-hydrogen) atoms. The lowest BCUT2D eigenvalue weighted by Gasteiger charge is -2.10. The SMILES string of the molecule is O=C(CSc1nnc(-c2ccccc2)c(-c2ccccc2)n1)Nc1cccc(C(=O)NC2CC2)c1. The van der Waals surface area contributed by atoms with Gasteiger partial charge in [0.15, 0.2) is 0 Å². The molecule has 0 radical (unpaired) electrons. The van der Waals surface area contributed by atoms with Gasteiger partial charge in [-0.2, -0.15) is 0 Å². The van der Waals surface area contributed by atoms with Gasteiger partial charge in [-0.15, -0.1) is 10.2 Å². The van der Waals surface area contributed by atoms with Crippen molar-refractivity contribution < 1.29 is 9.59 Å². The molecule has 7 nitrogen and oxygen atoms in total. The van der Waals surface area contributed by atoms with Crippen LogP contribution in [0.3, 0.4) is 0 Å². The molecule has 2 N–H and O–H groups in total. The van der Waals surface area contributed by atoms with Gasteiger partial charge in [0.25, 0.3) is 5.91 Å². The minimum atomic E-state index is -0.216. The highest BCUT2D eigenvalue weighted by Gasteiger charge is 2.24. The Kier molecular flexibility index (Phi) is 6.81. The van der Waals surface area contributed by atoms with Crippen LogP contribution in [0.4, 0.5) is 5.69 Å². The second-order valence-corrected chi connectivity index (χ2v) is 9.13. The van der Waals surface area contributed by atoms with Crippen molar-refractivity contribution in [2.75, 3.05) is 11.1 Å². The fraction of sp³-hybridized carbons (Fsp3) is 0.148. The van der Waals surface area contributed by atoms with Crippen LogP contribution in [0.15, 0.2) is 90.1 Å². The molecule has 1 aliphatic rings. The number of aromatic nitrogens is 3. The van der Waals surface area contributed by atoms with E-state index in [-0.39, 0.29) is 23.6 Å².